The summed E-state index contributed by atoms with van der Waals surface area (Å²) in [6.45, 7) is 0. The molecule has 5 heteroatoms. The molecule has 2 rings (SSSR count). The zero-order valence-electron chi connectivity index (χ0n) is 10.5. The third-order valence-corrected chi connectivity index (χ3v) is 3.22. The molecule has 19 heavy (non-hydrogen) atoms. The van der Waals surface area contributed by atoms with E-state index in [1.54, 1.807) is 26.4 Å². The van der Waals surface area contributed by atoms with E-state index in [2.05, 4.69) is 20.9 Å². The van der Waals surface area contributed by atoms with Crippen LogP contribution in [0.5, 0.6) is 11.8 Å². The third kappa shape index (κ3) is 2.76. The maximum absolute atomic E-state index is 10.7. The van der Waals surface area contributed by atoms with Crippen molar-refractivity contribution < 1.29 is 14.3 Å². The van der Waals surface area contributed by atoms with Crippen molar-refractivity contribution in [1.82, 2.24) is 4.98 Å². The van der Waals surface area contributed by atoms with Crippen LogP contribution in [0.1, 0.15) is 10.4 Å². The summed E-state index contributed by atoms with van der Waals surface area (Å²) < 4.78 is 11.1. The van der Waals surface area contributed by atoms with Crippen LogP contribution >= 0.6 is 15.9 Å². The van der Waals surface area contributed by atoms with E-state index in [-0.39, 0.29) is 0 Å². The van der Waals surface area contributed by atoms with Gasteiger partial charge in [-0.15, -0.1) is 0 Å². The Morgan fingerprint density at radius 1 is 1.11 bits per heavy atom. The summed E-state index contributed by atoms with van der Waals surface area (Å²) in [6, 6.07) is 9.07. The van der Waals surface area contributed by atoms with Gasteiger partial charge in [0.25, 0.3) is 0 Å². The second-order valence-corrected chi connectivity index (χ2v) is 4.63. The number of methoxy groups -OCH3 is 2. The summed E-state index contributed by atoms with van der Waals surface area (Å²) in [6.07, 6.45) is 0.809. The topological polar surface area (TPSA) is 48.4 Å². The molecular weight excluding hydrogens is 310 g/mol. The highest BCUT2D eigenvalue weighted by Gasteiger charge is 2.13. The first kappa shape index (κ1) is 13.5. The largest absolute Gasteiger partial charge is 0.480 e. The Morgan fingerprint density at radius 3 is 2.26 bits per heavy atom. The van der Waals surface area contributed by atoms with Gasteiger partial charge in [0.15, 0.2) is 0 Å². The first-order chi connectivity index (χ1) is 9.19. The Balaban J connectivity index is 2.53. The van der Waals surface area contributed by atoms with Crippen LogP contribution in [-0.2, 0) is 0 Å². The number of ether oxygens (including phenoxy) is 2. The first-order valence-electron chi connectivity index (χ1n) is 5.53. The average molecular weight is 322 g/mol. The predicted molar refractivity (Wildman–Crippen MR) is 75.9 cm³/mol. The van der Waals surface area contributed by atoms with Crippen molar-refractivity contribution in [2.24, 2.45) is 0 Å². The summed E-state index contributed by atoms with van der Waals surface area (Å²) in [7, 11) is 3.10. The van der Waals surface area contributed by atoms with Crippen molar-refractivity contribution in [3.63, 3.8) is 0 Å². The van der Waals surface area contributed by atoms with Crippen LogP contribution in [0.15, 0.2) is 34.8 Å². The molecule has 4 nitrogen and oxygen atoms in total. The van der Waals surface area contributed by atoms with Gasteiger partial charge < -0.3 is 9.47 Å². The van der Waals surface area contributed by atoms with E-state index in [9.17, 15) is 4.79 Å². The third-order valence-electron chi connectivity index (χ3n) is 2.65. The molecule has 1 aromatic carbocycles. The number of carbonyl (C=O) groups excluding carboxylic acids is 1. The Bertz CT molecular complexity index is 596. The van der Waals surface area contributed by atoms with Gasteiger partial charge in [-0.1, -0.05) is 24.3 Å². The highest BCUT2D eigenvalue weighted by atomic mass is 79.9. The lowest BCUT2D eigenvalue weighted by atomic mass is 10.1. The van der Waals surface area contributed by atoms with E-state index in [0.717, 1.165) is 21.9 Å². The van der Waals surface area contributed by atoms with Crippen LogP contribution in [0, 0.1) is 0 Å². The SMILES string of the molecule is COc1nc(OC)c(-c2ccc(C=O)cc2)cc1Br. The van der Waals surface area contributed by atoms with Crippen molar-refractivity contribution in [3.8, 4) is 22.9 Å². The Kier molecular flexibility index (Phi) is 4.16. The Hall–Kier alpha value is -1.88. The summed E-state index contributed by atoms with van der Waals surface area (Å²) in [5.74, 6) is 0.934. The Morgan fingerprint density at radius 2 is 1.74 bits per heavy atom. The molecule has 0 unspecified atom stereocenters. The summed E-state index contributed by atoms with van der Waals surface area (Å²) in [4.78, 5) is 14.9. The van der Waals surface area contributed by atoms with Crippen molar-refractivity contribution in [2.75, 3.05) is 14.2 Å². The Labute approximate surface area is 119 Å². The normalized spacial score (nSPS) is 10.1. The zero-order valence-corrected chi connectivity index (χ0v) is 12.1. The van der Waals surface area contributed by atoms with Gasteiger partial charge in [-0.25, -0.2) is 0 Å². The van der Waals surface area contributed by atoms with E-state index in [0.29, 0.717) is 17.3 Å². The van der Waals surface area contributed by atoms with Crippen LogP contribution in [0.4, 0.5) is 0 Å². The van der Waals surface area contributed by atoms with Crippen molar-refractivity contribution >= 4 is 22.2 Å². The molecule has 0 saturated heterocycles. The molecular formula is C14H12BrNO3. The van der Waals surface area contributed by atoms with Crippen molar-refractivity contribution in [1.29, 1.82) is 0 Å². The number of halogens is 1. The number of pyridine rings is 1. The molecule has 1 heterocycles. The molecule has 0 aliphatic heterocycles. The van der Waals surface area contributed by atoms with Crippen LogP contribution in [0.3, 0.4) is 0 Å². The quantitative estimate of drug-likeness (QED) is 0.810. The molecule has 0 spiro atoms. The van der Waals surface area contributed by atoms with Gasteiger partial charge in [0.1, 0.15) is 6.29 Å². The van der Waals surface area contributed by atoms with Crippen LogP contribution in [-0.4, -0.2) is 25.5 Å². The summed E-state index contributed by atoms with van der Waals surface area (Å²) in [5.41, 5.74) is 2.37. The number of nitrogens with zero attached hydrogens (tertiary/aromatic N) is 1. The van der Waals surface area contributed by atoms with Gasteiger partial charge >= 0.3 is 0 Å². The molecule has 0 bridgehead atoms. The zero-order chi connectivity index (χ0) is 13.8. The van der Waals surface area contributed by atoms with E-state index < -0.39 is 0 Å². The lowest BCUT2D eigenvalue weighted by Crippen LogP contribution is -1.96. The maximum atomic E-state index is 10.7. The van der Waals surface area contributed by atoms with Crippen LogP contribution in [0.2, 0.25) is 0 Å². The molecule has 0 amide bonds. The highest BCUT2D eigenvalue weighted by Crippen LogP contribution is 2.35. The number of benzene rings is 1. The molecule has 0 N–H and O–H groups in total. The average Bonchev–Trinajstić information content (AvgIpc) is 2.47. The van der Waals surface area contributed by atoms with Crippen molar-refractivity contribution in [3.05, 3.63) is 40.4 Å². The van der Waals surface area contributed by atoms with Gasteiger partial charge in [0, 0.05) is 11.1 Å². The molecule has 0 saturated carbocycles. The van der Waals surface area contributed by atoms with E-state index in [1.807, 2.05) is 18.2 Å². The fraction of sp³-hybridized carbons (Fsp3) is 0.143. The molecule has 1 aromatic heterocycles. The standard InChI is InChI=1S/C14H12BrNO3/c1-18-13-11(7-12(15)14(16-13)19-2)10-5-3-9(8-17)4-6-10/h3-8H,1-2H3. The summed E-state index contributed by atoms with van der Waals surface area (Å²) >= 11 is 3.40. The lowest BCUT2D eigenvalue weighted by Gasteiger charge is -2.11. The molecule has 0 atom stereocenters. The van der Waals surface area contributed by atoms with Crippen molar-refractivity contribution in [2.45, 2.75) is 0 Å². The van der Waals surface area contributed by atoms with Gasteiger partial charge in [0.05, 0.1) is 18.7 Å². The smallest absolute Gasteiger partial charge is 0.231 e. The number of hydrogen-bond donors (Lipinski definition) is 0. The van der Waals surface area contributed by atoms with E-state index in [1.165, 1.54) is 0 Å². The number of aldehydes is 1. The minimum absolute atomic E-state index is 0.463. The number of carbonyl (C=O) groups is 1. The van der Waals surface area contributed by atoms with Crippen LogP contribution in [0.25, 0.3) is 11.1 Å². The first-order valence-corrected chi connectivity index (χ1v) is 6.33. The fourth-order valence-electron chi connectivity index (χ4n) is 1.70. The molecule has 0 fully saturated rings. The highest BCUT2D eigenvalue weighted by molar-refractivity contribution is 9.10. The van der Waals surface area contributed by atoms with E-state index in [4.69, 9.17) is 9.47 Å². The van der Waals surface area contributed by atoms with Gasteiger partial charge in [0.2, 0.25) is 11.8 Å². The molecule has 98 valence electrons. The molecule has 0 radical (unpaired) electrons. The van der Waals surface area contributed by atoms with Gasteiger partial charge in [-0.05, 0) is 27.6 Å². The maximum Gasteiger partial charge on any atom is 0.231 e. The second-order valence-electron chi connectivity index (χ2n) is 3.78. The molecule has 0 aliphatic carbocycles. The lowest BCUT2D eigenvalue weighted by molar-refractivity contribution is 0.112. The number of hydrogen-bond acceptors (Lipinski definition) is 4. The van der Waals surface area contributed by atoms with Gasteiger partial charge in [-0.2, -0.15) is 4.98 Å². The monoisotopic (exact) mass is 321 g/mol. The molecule has 0 aliphatic rings. The van der Waals surface area contributed by atoms with E-state index >= 15 is 0 Å². The van der Waals surface area contributed by atoms with Gasteiger partial charge in [-0.3, -0.25) is 4.79 Å². The number of aromatic nitrogens is 1. The second kappa shape index (κ2) is 5.84. The number of rotatable bonds is 4. The predicted octanol–water partition coefficient (Wildman–Crippen LogP) is 3.34. The van der Waals surface area contributed by atoms with Crippen LogP contribution < -0.4 is 9.47 Å². The molecule has 2 aromatic rings. The minimum Gasteiger partial charge on any atom is -0.480 e. The fourth-order valence-corrected chi connectivity index (χ4v) is 2.18. The summed E-state index contributed by atoms with van der Waals surface area (Å²) in [5, 5.41) is 0. The minimum atomic E-state index is 0.463.